The maximum absolute atomic E-state index is 10.6. The normalized spacial score (nSPS) is 28.8. The van der Waals surface area contributed by atoms with Crippen molar-refractivity contribution in [1.82, 2.24) is 10.2 Å². The lowest BCUT2D eigenvalue weighted by Gasteiger charge is -2.45. The first-order chi connectivity index (χ1) is 20.5. The number of aryl methyl sites for hydroxylation is 1. The first-order valence-corrected chi connectivity index (χ1v) is 16.1. The highest BCUT2D eigenvalue weighted by molar-refractivity contribution is 5.92. The lowest BCUT2D eigenvalue weighted by molar-refractivity contribution is -0.265. The van der Waals surface area contributed by atoms with Crippen LogP contribution >= 0.6 is 0 Å². The number of likely N-dealkylation sites (tertiary alicyclic amines) is 1. The Labute approximate surface area is 257 Å². The molecule has 1 aromatic rings. The fraction of sp³-hybridized carbons (Fsp3) is 0.676. The van der Waals surface area contributed by atoms with E-state index in [1.807, 2.05) is 13.8 Å². The average Bonchev–Trinajstić information content (AvgIpc) is 2.99. The van der Waals surface area contributed by atoms with Gasteiger partial charge in [0.05, 0.1) is 12.7 Å². The van der Waals surface area contributed by atoms with Crippen LogP contribution in [0, 0.1) is 29.6 Å². The molecule has 0 unspecified atom stereocenters. The number of benzene rings is 1. The number of nitrogens with zero attached hydrogens (tertiary/aromatic N) is 1. The summed E-state index contributed by atoms with van der Waals surface area (Å²) in [4.78, 5) is 2.65. The summed E-state index contributed by atoms with van der Waals surface area (Å²) >= 11 is 0. The molecule has 1 aromatic carbocycles. The van der Waals surface area contributed by atoms with Gasteiger partial charge in [0.2, 0.25) is 12.2 Å². The number of rotatable bonds is 10. The third kappa shape index (κ3) is 8.47. The van der Waals surface area contributed by atoms with Crippen molar-refractivity contribution < 1.29 is 24.8 Å². The molecule has 3 aliphatic rings. The molecule has 240 valence electrons. The zero-order valence-corrected chi connectivity index (χ0v) is 26.5. The molecule has 3 fully saturated rings. The Kier molecular flexibility index (Phi) is 11.8. The zero-order valence-electron chi connectivity index (χ0n) is 26.5. The van der Waals surface area contributed by atoms with Gasteiger partial charge in [-0.25, -0.2) is 0 Å². The standard InChI is InChI=1S/C34H54N4O5/c1-22(2)29(35)27(32(36)43-33-31(41)24(4)30(40)28(20-39)42-33)19-26-10-9-25(18-23(26)3)8-5-6-16-38-17-7-11-34(21-38)12-14-37-15-13-34/h5,8-10,18,22,24,28,30-31,33,36-37,39-41H,6-7,11-17,19-21,35H2,1-4H3/b8-5+,29-27-,36-32?/t24-,28+,30-,31+,33-/m0/s1. The highest BCUT2D eigenvalue weighted by Gasteiger charge is 2.43. The number of hydrogen-bond acceptors (Lipinski definition) is 9. The second-order valence-electron chi connectivity index (χ2n) is 13.3. The SMILES string of the molecule is Cc1cc(/C=C/CCN2CCCC3(CCNCC3)C2)ccc1C/C(C(=N)O[C@@H]1O[C@H](CO)[C@@H](O)[C@H](C)[C@H]1O)=C(/N)C(C)C. The molecule has 9 heteroatoms. The third-order valence-electron chi connectivity index (χ3n) is 9.77. The van der Waals surface area contributed by atoms with Crippen LogP contribution in [0.2, 0.25) is 0 Å². The highest BCUT2D eigenvalue weighted by Crippen LogP contribution is 2.38. The van der Waals surface area contributed by atoms with Crippen molar-refractivity contribution in [3.05, 3.63) is 52.2 Å². The quantitative estimate of drug-likeness (QED) is 0.178. The summed E-state index contributed by atoms with van der Waals surface area (Å²) in [6.07, 6.45) is 6.91. The summed E-state index contributed by atoms with van der Waals surface area (Å²) in [6.45, 7) is 13.1. The Balaban J connectivity index is 1.37. The van der Waals surface area contributed by atoms with E-state index in [1.165, 1.54) is 38.8 Å². The minimum atomic E-state index is -1.19. The topological polar surface area (TPSA) is 144 Å². The number of nitrogens with one attached hydrogen (secondary N) is 2. The fourth-order valence-electron chi connectivity index (χ4n) is 6.77. The van der Waals surface area contributed by atoms with E-state index in [0.29, 0.717) is 23.1 Å². The number of aliphatic hydroxyl groups is 3. The van der Waals surface area contributed by atoms with E-state index in [-0.39, 0.29) is 11.8 Å². The summed E-state index contributed by atoms with van der Waals surface area (Å²) in [5, 5.41) is 42.8. The van der Waals surface area contributed by atoms with Crippen molar-refractivity contribution in [3.8, 4) is 0 Å². The molecule has 1 spiro atoms. The Morgan fingerprint density at radius 2 is 1.98 bits per heavy atom. The predicted octanol–water partition coefficient (Wildman–Crippen LogP) is 3.34. The van der Waals surface area contributed by atoms with Crippen molar-refractivity contribution >= 4 is 12.0 Å². The van der Waals surface area contributed by atoms with Crippen molar-refractivity contribution in [2.24, 2.45) is 23.0 Å². The van der Waals surface area contributed by atoms with Crippen LogP contribution in [0.15, 0.2) is 35.5 Å². The number of piperidine rings is 2. The van der Waals surface area contributed by atoms with Crippen LogP contribution in [0.5, 0.6) is 0 Å². The molecule has 0 aromatic heterocycles. The van der Waals surface area contributed by atoms with E-state index in [9.17, 15) is 15.3 Å². The van der Waals surface area contributed by atoms with E-state index < -0.39 is 37.1 Å². The Hall–Kier alpha value is -2.27. The van der Waals surface area contributed by atoms with Crippen LogP contribution in [-0.4, -0.2) is 90.0 Å². The Bertz CT molecular complexity index is 1140. The van der Waals surface area contributed by atoms with Gasteiger partial charge in [0, 0.05) is 36.7 Å². The average molecular weight is 599 g/mol. The largest absolute Gasteiger partial charge is 0.445 e. The van der Waals surface area contributed by atoms with E-state index in [4.69, 9.17) is 20.6 Å². The second-order valence-corrected chi connectivity index (χ2v) is 13.3. The van der Waals surface area contributed by atoms with Crippen LogP contribution in [-0.2, 0) is 15.9 Å². The van der Waals surface area contributed by atoms with Gasteiger partial charge in [-0.05, 0) is 86.7 Å². The minimum Gasteiger partial charge on any atom is -0.445 e. The predicted molar refractivity (Wildman–Crippen MR) is 171 cm³/mol. The van der Waals surface area contributed by atoms with Gasteiger partial charge in [-0.1, -0.05) is 51.1 Å². The molecule has 4 rings (SSSR count). The number of allylic oxidation sites excluding steroid dienone is 1. The summed E-state index contributed by atoms with van der Waals surface area (Å²) in [7, 11) is 0. The van der Waals surface area contributed by atoms with Gasteiger partial charge in [-0.3, -0.25) is 5.41 Å². The monoisotopic (exact) mass is 598 g/mol. The molecule has 0 bridgehead atoms. The van der Waals surface area contributed by atoms with E-state index >= 15 is 0 Å². The smallest absolute Gasteiger partial charge is 0.228 e. The number of ether oxygens (including phenoxy) is 2. The first kappa shape index (κ1) is 33.6. The molecule has 5 atom stereocenters. The number of hydrogen-bond donors (Lipinski definition) is 6. The molecule has 9 nitrogen and oxygen atoms in total. The molecule has 3 aliphatic heterocycles. The molecular weight excluding hydrogens is 544 g/mol. The summed E-state index contributed by atoms with van der Waals surface area (Å²) < 4.78 is 11.4. The Morgan fingerprint density at radius 3 is 2.65 bits per heavy atom. The molecule has 3 heterocycles. The van der Waals surface area contributed by atoms with E-state index in [1.54, 1.807) is 6.92 Å². The lowest BCUT2D eigenvalue weighted by atomic mass is 9.73. The van der Waals surface area contributed by atoms with Gasteiger partial charge in [-0.15, -0.1) is 0 Å². The zero-order chi connectivity index (χ0) is 31.1. The van der Waals surface area contributed by atoms with Crippen molar-refractivity contribution in [2.45, 2.75) is 90.8 Å². The van der Waals surface area contributed by atoms with E-state index in [2.05, 4.69) is 47.5 Å². The summed E-state index contributed by atoms with van der Waals surface area (Å²) in [5.41, 5.74) is 11.3. The molecule has 0 aliphatic carbocycles. The molecule has 0 amide bonds. The molecule has 0 saturated carbocycles. The highest BCUT2D eigenvalue weighted by atomic mass is 16.7. The first-order valence-electron chi connectivity index (χ1n) is 16.1. The van der Waals surface area contributed by atoms with Crippen LogP contribution in [0.25, 0.3) is 6.08 Å². The maximum Gasteiger partial charge on any atom is 0.228 e. The van der Waals surface area contributed by atoms with Crippen molar-refractivity contribution in [2.75, 3.05) is 39.3 Å². The van der Waals surface area contributed by atoms with Crippen molar-refractivity contribution in [3.63, 3.8) is 0 Å². The third-order valence-corrected chi connectivity index (χ3v) is 9.77. The molecule has 43 heavy (non-hydrogen) atoms. The van der Waals surface area contributed by atoms with Gasteiger partial charge in [-0.2, -0.15) is 0 Å². The molecule has 3 saturated heterocycles. The summed E-state index contributed by atoms with van der Waals surface area (Å²) in [5.74, 6) is -0.788. The lowest BCUT2D eigenvalue weighted by Crippen LogP contribution is -2.55. The van der Waals surface area contributed by atoms with Gasteiger partial charge in [0.25, 0.3) is 0 Å². The molecule has 0 radical (unpaired) electrons. The number of aliphatic hydroxyl groups excluding tert-OH is 3. The van der Waals surface area contributed by atoms with Crippen LogP contribution in [0.4, 0.5) is 0 Å². The maximum atomic E-state index is 10.6. The fourth-order valence-corrected chi connectivity index (χ4v) is 6.77. The van der Waals surface area contributed by atoms with E-state index in [0.717, 1.165) is 42.7 Å². The van der Waals surface area contributed by atoms with Crippen molar-refractivity contribution in [1.29, 1.82) is 5.41 Å². The van der Waals surface area contributed by atoms with Gasteiger partial charge in [0.1, 0.15) is 12.2 Å². The van der Waals surface area contributed by atoms with Crippen LogP contribution in [0.1, 0.15) is 69.6 Å². The molecular formula is C34H54N4O5. The second kappa shape index (κ2) is 15.1. The Morgan fingerprint density at radius 1 is 1.23 bits per heavy atom. The van der Waals surface area contributed by atoms with Crippen LogP contribution < -0.4 is 11.1 Å². The number of nitrogens with two attached hydrogens (primary N) is 1. The summed E-state index contributed by atoms with van der Waals surface area (Å²) in [6, 6.07) is 6.33. The molecule has 7 N–H and O–H groups in total. The van der Waals surface area contributed by atoms with Gasteiger partial charge < -0.3 is 40.7 Å². The van der Waals surface area contributed by atoms with Gasteiger partial charge in [0.15, 0.2) is 0 Å². The minimum absolute atomic E-state index is 0.0193. The van der Waals surface area contributed by atoms with Gasteiger partial charge >= 0.3 is 0 Å². The van der Waals surface area contributed by atoms with Crippen LogP contribution in [0.3, 0.4) is 0 Å².